The quantitative estimate of drug-likeness (QED) is 0.151. The molecule has 0 atom stereocenters. The van der Waals surface area contributed by atoms with Gasteiger partial charge < -0.3 is 0 Å². The first-order valence-electron chi connectivity index (χ1n) is 20.8. The number of rotatable bonds is 6. The van der Waals surface area contributed by atoms with Crippen molar-refractivity contribution in [2.24, 2.45) is 0 Å². The van der Waals surface area contributed by atoms with E-state index in [9.17, 15) is 0 Å². The van der Waals surface area contributed by atoms with Crippen LogP contribution in [0.3, 0.4) is 0 Å². The number of benzene rings is 8. The molecule has 8 aromatic rings. The average molecular weight is 713 g/mol. The number of fused-ring (bicyclic) bond motifs is 6. The first-order chi connectivity index (χ1) is 26.5. The third-order valence-corrected chi connectivity index (χ3v) is 14.4. The lowest BCUT2D eigenvalue weighted by Gasteiger charge is -2.31. The molecule has 0 bridgehead atoms. The zero-order valence-corrected chi connectivity index (χ0v) is 33.9. The van der Waals surface area contributed by atoms with E-state index >= 15 is 0 Å². The maximum Gasteiger partial charge on any atom is 0.0210 e. The van der Waals surface area contributed by atoms with E-state index in [1.165, 1.54) is 110 Å². The van der Waals surface area contributed by atoms with E-state index in [1.807, 2.05) is 0 Å². The molecule has 0 radical (unpaired) electrons. The van der Waals surface area contributed by atoms with Crippen molar-refractivity contribution in [1.82, 2.24) is 0 Å². The van der Waals surface area contributed by atoms with Crippen molar-refractivity contribution in [3.63, 3.8) is 0 Å². The summed E-state index contributed by atoms with van der Waals surface area (Å²) in [6, 6.07) is 48.1. The van der Waals surface area contributed by atoms with E-state index in [0.717, 1.165) is 25.7 Å². The molecule has 10 rings (SSSR count). The van der Waals surface area contributed by atoms with Crippen molar-refractivity contribution in [2.45, 2.75) is 97.3 Å². The Labute approximate surface area is 327 Å². The molecule has 0 fully saturated rings. The Kier molecular flexibility index (Phi) is 7.42. The van der Waals surface area contributed by atoms with Gasteiger partial charge in [-0.15, -0.1) is 0 Å². The highest BCUT2D eigenvalue weighted by Crippen LogP contribution is 2.56. The molecule has 0 heteroatoms. The van der Waals surface area contributed by atoms with Crippen LogP contribution < -0.4 is 0 Å². The van der Waals surface area contributed by atoms with Crippen molar-refractivity contribution >= 4 is 32.3 Å². The number of aryl methyl sites for hydroxylation is 1. The van der Waals surface area contributed by atoms with Crippen molar-refractivity contribution in [3.05, 3.63) is 155 Å². The second-order valence-corrected chi connectivity index (χ2v) is 17.8. The molecule has 0 heterocycles. The minimum Gasteiger partial charge on any atom is -0.0642 e. The molecule has 0 saturated carbocycles. The van der Waals surface area contributed by atoms with Crippen molar-refractivity contribution < 1.29 is 0 Å². The van der Waals surface area contributed by atoms with Crippen LogP contribution in [0.2, 0.25) is 0 Å². The van der Waals surface area contributed by atoms with Gasteiger partial charge in [0.25, 0.3) is 0 Å². The fourth-order valence-corrected chi connectivity index (χ4v) is 11.2. The van der Waals surface area contributed by atoms with Crippen LogP contribution in [0.4, 0.5) is 0 Å². The van der Waals surface area contributed by atoms with Gasteiger partial charge in [0, 0.05) is 10.8 Å². The van der Waals surface area contributed by atoms with Crippen LogP contribution in [0.25, 0.3) is 76.8 Å². The van der Waals surface area contributed by atoms with Crippen LogP contribution in [0.5, 0.6) is 0 Å². The third-order valence-electron chi connectivity index (χ3n) is 14.4. The number of hydrogen-bond donors (Lipinski definition) is 0. The topological polar surface area (TPSA) is 0 Å². The zero-order chi connectivity index (χ0) is 38.0. The highest BCUT2D eigenvalue weighted by molar-refractivity contribution is 6.25. The summed E-state index contributed by atoms with van der Waals surface area (Å²) in [7, 11) is 0. The van der Waals surface area contributed by atoms with Crippen LogP contribution in [-0.2, 0) is 16.2 Å². The maximum atomic E-state index is 2.55. The molecule has 0 nitrogen and oxygen atoms in total. The highest BCUT2D eigenvalue weighted by atomic mass is 14.5. The minimum absolute atomic E-state index is 0.0368. The van der Waals surface area contributed by atoms with Gasteiger partial charge >= 0.3 is 0 Å². The molecular formula is C55H52. The molecule has 2 aliphatic rings. The van der Waals surface area contributed by atoms with Gasteiger partial charge in [-0.25, -0.2) is 0 Å². The lowest BCUT2D eigenvalue weighted by molar-refractivity contribution is 0.490. The van der Waals surface area contributed by atoms with E-state index < -0.39 is 0 Å². The third kappa shape index (κ3) is 4.64. The summed E-state index contributed by atoms with van der Waals surface area (Å²) in [4.78, 5) is 0. The maximum absolute atomic E-state index is 2.55. The Morgan fingerprint density at radius 2 is 0.818 bits per heavy atom. The molecule has 0 N–H and O–H groups in total. The molecule has 8 aromatic carbocycles. The highest BCUT2D eigenvalue weighted by Gasteiger charge is 2.42. The largest absolute Gasteiger partial charge is 0.0642 e. The molecular weight excluding hydrogens is 661 g/mol. The normalized spacial score (nSPS) is 15.1. The van der Waals surface area contributed by atoms with E-state index in [2.05, 4.69) is 177 Å². The standard InChI is InChI=1S/C55H52/c1-9-54(10-2)47-27-33(5)13-21-42(47)43-23-17-35(30-48(43)54)36-18-24-44-45-25-19-37(32-50(45)55(11-3,12-4)49(44)31-36)41-22-16-34-14-15-38-28-40(53(6,7)8)29-39-20-26-46(41)52(34)51(38)39/h13-32H,9-12H2,1-8H3. The SMILES string of the molecule is CCC1(CC)c2cc(C)ccc2-c2ccc(-c3ccc4c(c3)C(CC)(CC)c3cc(-c5ccc6ccc7cc(C(C)(C)C)cc8ccc5c6c78)ccc3-4)cc21. The Hall–Kier alpha value is -5.20. The van der Waals surface area contributed by atoms with Gasteiger partial charge in [-0.3, -0.25) is 0 Å². The predicted octanol–water partition coefficient (Wildman–Crippen LogP) is 15.7. The van der Waals surface area contributed by atoms with Crippen LogP contribution in [0, 0.1) is 6.92 Å². The van der Waals surface area contributed by atoms with E-state index in [1.54, 1.807) is 0 Å². The zero-order valence-electron chi connectivity index (χ0n) is 33.9. The molecule has 0 spiro atoms. The van der Waals surface area contributed by atoms with Gasteiger partial charge in [0.2, 0.25) is 0 Å². The Morgan fingerprint density at radius 3 is 1.35 bits per heavy atom. The van der Waals surface area contributed by atoms with Crippen molar-refractivity contribution in [2.75, 3.05) is 0 Å². The minimum atomic E-state index is -0.0368. The molecule has 0 unspecified atom stereocenters. The van der Waals surface area contributed by atoms with Gasteiger partial charge in [0.05, 0.1) is 0 Å². The smallest absolute Gasteiger partial charge is 0.0210 e. The van der Waals surface area contributed by atoms with Crippen molar-refractivity contribution in [1.29, 1.82) is 0 Å². The Bertz CT molecular complexity index is 2830. The van der Waals surface area contributed by atoms with E-state index in [0.29, 0.717) is 0 Å². The first kappa shape index (κ1) is 34.3. The molecule has 55 heavy (non-hydrogen) atoms. The van der Waals surface area contributed by atoms with Gasteiger partial charge in [0.15, 0.2) is 0 Å². The molecule has 272 valence electrons. The second-order valence-electron chi connectivity index (χ2n) is 17.8. The summed E-state index contributed by atoms with van der Waals surface area (Å²) in [5.74, 6) is 0. The van der Waals surface area contributed by atoms with Gasteiger partial charge in [-0.1, -0.05) is 157 Å². The first-order valence-corrected chi connectivity index (χ1v) is 20.8. The van der Waals surface area contributed by atoms with Crippen LogP contribution >= 0.6 is 0 Å². The second kappa shape index (κ2) is 11.9. The fourth-order valence-electron chi connectivity index (χ4n) is 11.2. The molecule has 2 aliphatic carbocycles. The number of hydrogen-bond acceptors (Lipinski definition) is 0. The van der Waals surface area contributed by atoms with Gasteiger partial charge in [-0.05, 0) is 161 Å². The summed E-state index contributed by atoms with van der Waals surface area (Å²) < 4.78 is 0. The average Bonchev–Trinajstić information content (AvgIpc) is 3.64. The summed E-state index contributed by atoms with van der Waals surface area (Å²) in [6.45, 7) is 18.7. The Balaban J connectivity index is 1.09. The summed E-state index contributed by atoms with van der Waals surface area (Å²) in [5.41, 5.74) is 19.8. The van der Waals surface area contributed by atoms with E-state index in [4.69, 9.17) is 0 Å². The van der Waals surface area contributed by atoms with Crippen molar-refractivity contribution in [3.8, 4) is 44.5 Å². The fraction of sp³-hybridized carbons (Fsp3) is 0.273. The summed E-state index contributed by atoms with van der Waals surface area (Å²) >= 11 is 0. The summed E-state index contributed by atoms with van der Waals surface area (Å²) in [5, 5.41) is 8.13. The molecule has 0 saturated heterocycles. The van der Waals surface area contributed by atoms with Crippen LogP contribution in [0.15, 0.2) is 121 Å². The molecule has 0 aliphatic heterocycles. The summed E-state index contributed by atoms with van der Waals surface area (Å²) in [6.07, 6.45) is 4.35. The lowest BCUT2D eigenvalue weighted by Crippen LogP contribution is -2.23. The molecule has 0 aromatic heterocycles. The van der Waals surface area contributed by atoms with Crippen LogP contribution in [0.1, 0.15) is 108 Å². The monoisotopic (exact) mass is 712 g/mol. The van der Waals surface area contributed by atoms with E-state index in [-0.39, 0.29) is 16.2 Å². The molecule has 0 amide bonds. The predicted molar refractivity (Wildman–Crippen MR) is 238 cm³/mol. The van der Waals surface area contributed by atoms with Crippen LogP contribution in [-0.4, -0.2) is 0 Å². The lowest BCUT2D eigenvalue weighted by atomic mass is 9.72. The van der Waals surface area contributed by atoms with Gasteiger partial charge in [-0.2, -0.15) is 0 Å². The Morgan fingerprint density at radius 1 is 0.400 bits per heavy atom. The van der Waals surface area contributed by atoms with Gasteiger partial charge in [0.1, 0.15) is 0 Å².